The van der Waals surface area contributed by atoms with Crippen LogP contribution in [0.15, 0.2) is 36.5 Å². The van der Waals surface area contributed by atoms with E-state index >= 15 is 0 Å². The molecule has 0 aromatic rings. The van der Waals surface area contributed by atoms with Crippen LogP contribution in [-0.2, 0) is 14.3 Å². The third-order valence-corrected chi connectivity index (χ3v) is 10.7. The number of amides is 1. The zero-order valence-electron chi connectivity index (χ0n) is 36.4. The van der Waals surface area contributed by atoms with Crippen LogP contribution in [0.1, 0.15) is 239 Å². The summed E-state index contributed by atoms with van der Waals surface area (Å²) in [6.07, 6.45) is 52.5. The lowest BCUT2D eigenvalue weighted by atomic mass is 10.0. The molecule has 0 aliphatic heterocycles. The number of carbonyl (C=O) groups is 2. The molecule has 0 aromatic heterocycles. The summed E-state index contributed by atoms with van der Waals surface area (Å²) in [5.41, 5.74) is 0. The van der Waals surface area contributed by atoms with Crippen molar-refractivity contribution >= 4 is 11.9 Å². The van der Waals surface area contributed by atoms with Gasteiger partial charge in [-0.15, -0.1) is 0 Å². The van der Waals surface area contributed by atoms with Gasteiger partial charge in [-0.05, 0) is 83.5 Å². The quantitative estimate of drug-likeness (QED) is 0.0248. The van der Waals surface area contributed by atoms with Gasteiger partial charge in [0, 0.05) is 12.8 Å². The molecule has 0 rings (SSSR count). The minimum absolute atomic E-state index is 0.0328. The Labute approximate surface area is 341 Å². The number of unbranched alkanes of at least 4 members (excludes halogenated alkanes) is 27. The Kier molecular flexibility index (Phi) is 43.2. The average Bonchev–Trinajstić information content (AvgIpc) is 3.18. The molecule has 322 valence electrons. The molecule has 0 saturated carbocycles. The Morgan fingerprint density at radius 2 is 0.909 bits per heavy atom. The summed E-state index contributed by atoms with van der Waals surface area (Å²) in [7, 11) is 0. The molecule has 0 fully saturated rings. The van der Waals surface area contributed by atoms with E-state index < -0.39 is 12.1 Å². The lowest BCUT2D eigenvalue weighted by molar-refractivity contribution is -0.143. The van der Waals surface area contributed by atoms with Gasteiger partial charge in [-0.2, -0.15) is 0 Å². The van der Waals surface area contributed by atoms with Crippen molar-refractivity contribution in [3.63, 3.8) is 0 Å². The first kappa shape index (κ1) is 53.1. The first-order chi connectivity index (χ1) is 27.0. The third-order valence-electron chi connectivity index (χ3n) is 10.7. The van der Waals surface area contributed by atoms with E-state index in [4.69, 9.17) is 4.74 Å². The highest BCUT2D eigenvalue weighted by Gasteiger charge is 2.20. The van der Waals surface area contributed by atoms with Gasteiger partial charge in [0.05, 0.1) is 25.4 Å². The van der Waals surface area contributed by atoms with Crippen molar-refractivity contribution in [2.45, 2.75) is 251 Å². The molecule has 2 unspecified atom stereocenters. The van der Waals surface area contributed by atoms with Crippen LogP contribution < -0.4 is 5.32 Å². The summed E-state index contributed by atoms with van der Waals surface area (Å²) in [6.45, 7) is 4.84. The van der Waals surface area contributed by atoms with Gasteiger partial charge in [-0.1, -0.05) is 179 Å². The Bertz CT molecular complexity index is 900. The molecule has 2 atom stereocenters. The summed E-state index contributed by atoms with van der Waals surface area (Å²) in [5, 5.41) is 23.1. The second-order valence-corrected chi connectivity index (χ2v) is 16.1. The highest BCUT2D eigenvalue weighted by Crippen LogP contribution is 2.15. The van der Waals surface area contributed by atoms with Gasteiger partial charge in [-0.3, -0.25) is 9.59 Å². The SMILES string of the molecule is CCCCC/C=C\CCCCCCCC(=O)OCCCCC/C=C\C=C/CCCCCCCCC(=O)NC(CO)C(O)CCCCCCCCCCCCC. The second-order valence-electron chi connectivity index (χ2n) is 16.1. The van der Waals surface area contributed by atoms with Gasteiger partial charge < -0.3 is 20.3 Å². The maximum atomic E-state index is 12.4. The number of hydrogen-bond acceptors (Lipinski definition) is 5. The number of esters is 1. The van der Waals surface area contributed by atoms with Crippen LogP contribution in [0.2, 0.25) is 0 Å². The predicted molar refractivity (Wildman–Crippen MR) is 236 cm³/mol. The molecular formula is C49H91NO5. The summed E-state index contributed by atoms with van der Waals surface area (Å²) in [5.74, 6) is -0.0931. The van der Waals surface area contributed by atoms with Crippen LogP contribution in [0.4, 0.5) is 0 Å². The van der Waals surface area contributed by atoms with Gasteiger partial charge in [0.2, 0.25) is 5.91 Å². The molecule has 1 amide bonds. The van der Waals surface area contributed by atoms with Crippen LogP contribution in [0.25, 0.3) is 0 Å². The number of ether oxygens (including phenoxy) is 1. The first-order valence-corrected chi connectivity index (χ1v) is 23.8. The van der Waals surface area contributed by atoms with E-state index in [0.717, 1.165) is 77.0 Å². The lowest BCUT2D eigenvalue weighted by Gasteiger charge is -2.22. The van der Waals surface area contributed by atoms with Crippen LogP contribution in [0.5, 0.6) is 0 Å². The van der Waals surface area contributed by atoms with E-state index in [1.165, 1.54) is 128 Å². The van der Waals surface area contributed by atoms with Crippen molar-refractivity contribution in [3.05, 3.63) is 36.5 Å². The molecule has 55 heavy (non-hydrogen) atoms. The predicted octanol–water partition coefficient (Wildman–Crippen LogP) is 13.7. The largest absolute Gasteiger partial charge is 0.466 e. The Morgan fingerprint density at radius 1 is 0.509 bits per heavy atom. The second kappa shape index (κ2) is 44.8. The molecule has 0 aliphatic carbocycles. The van der Waals surface area contributed by atoms with E-state index in [0.29, 0.717) is 25.9 Å². The van der Waals surface area contributed by atoms with E-state index in [2.05, 4.69) is 55.6 Å². The van der Waals surface area contributed by atoms with Gasteiger partial charge in [0.25, 0.3) is 0 Å². The van der Waals surface area contributed by atoms with E-state index in [1.54, 1.807) is 0 Å². The number of aliphatic hydroxyl groups excluding tert-OH is 2. The number of nitrogens with one attached hydrogen (secondary N) is 1. The summed E-state index contributed by atoms with van der Waals surface area (Å²) in [4.78, 5) is 24.3. The zero-order chi connectivity index (χ0) is 40.1. The maximum Gasteiger partial charge on any atom is 0.305 e. The van der Waals surface area contributed by atoms with Crippen molar-refractivity contribution in [1.29, 1.82) is 0 Å². The smallest absolute Gasteiger partial charge is 0.305 e. The number of aliphatic hydroxyl groups is 2. The first-order valence-electron chi connectivity index (χ1n) is 23.8. The molecule has 0 spiro atoms. The normalized spacial score (nSPS) is 13.0. The lowest BCUT2D eigenvalue weighted by Crippen LogP contribution is -2.45. The van der Waals surface area contributed by atoms with Gasteiger partial charge in [-0.25, -0.2) is 0 Å². The highest BCUT2D eigenvalue weighted by atomic mass is 16.5. The summed E-state index contributed by atoms with van der Waals surface area (Å²) >= 11 is 0. The summed E-state index contributed by atoms with van der Waals surface area (Å²) in [6, 6.07) is -0.557. The highest BCUT2D eigenvalue weighted by molar-refractivity contribution is 5.76. The van der Waals surface area contributed by atoms with Crippen molar-refractivity contribution < 1.29 is 24.5 Å². The fourth-order valence-corrected chi connectivity index (χ4v) is 6.97. The van der Waals surface area contributed by atoms with E-state index in [9.17, 15) is 19.8 Å². The minimum atomic E-state index is -0.677. The molecule has 0 saturated heterocycles. The molecule has 6 nitrogen and oxygen atoms in total. The molecule has 3 N–H and O–H groups in total. The Hall–Kier alpha value is -1.92. The summed E-state index contributed by atoms with van der Waals surface area (Å²) < 4.78 is 5.41. The van der Waals surface area contributed by atoms with Gasteiger partial charge in [0.15, 0.2) is 0 Å². The molecular weight excluding hydrogens is 683 g/mol. The molecule has 0 aliphatic rings. The average molecular weight is 774 g/mol. The molecule has 0 aromatic carbocycles. The Balaban J connectivity index is 3.54. The molecule has 0 heterocycles. The van der Waals surface area contributed by atoms with Crippen molar-refractivity contribution in [3.8, 4) is 0 Å². The van der Waals surface area contributed by atoms with E-state index in [-0.39, 0.29) is 18.5 Å². The number of rotatable bonds is 43. The van der Waals surface area contributed by atoms with Gasteiger partial charge >= 0.3 is 5.97 Å². The third kappa shape index (κ3) is 41.5. The number of hydrogen-bond donors (Lipinski definition) is 3. The Morgan fingerprint density at radius 3 is 1.44 bits per heavy atom. The minimum Gasteiger partial charge on any atom is -0.466 e. The van der Waals surface area contributed by atoms with Crippen LogP contribution in [-0.4, -0.2) is 47.4 Å². The fraction of sp³-hybridized carbons (Fsp3) is 0.837. The van der Waals surface area contributed by atoms with E-state index in [1.807, 2.05) is 0 Å². The standard InChI is InChI=1S/C49H91NO5/c1-3-5-7-9-11-13-15-23-27-31-35-39-43-49(54)55-44-40-36-32-28-24-20-18-16-17-19-22-26-30-34-38-42-48(53)50-46(45-51)47(52)41-37-33-29-25-21-14-12-10-8-6-4-2/h11,13,16,18,20,24,46-47,51-52H,3-10,12,14-15,17,19,21-23,25-45H2,1-2H3,(H,50,53)/b13-11-,18-16-,24-20-. The monoisotopic (exact) mass is 774 g/mol. The maximum absolute atomic E-state index is 12.4. The van der Waals surface area contributed by atoms with Crippen LogP contribution >= 0.6 is 0 Å². The topological polar surface area (TPSA) is 95.9 Å². The van der Waals surface area contributed by atoms with Gasteiger partial charge in [0.1, 0.15) is 0 Å². The molecule has 0 bridgehead atoms. The number of carbonyl (C=O) groups excluding carboxylic acids is 2. The number of allylic oxidation sites excluding steroid dienone is 6. The van der Waals surface area contributed by atoms with Crippen LogP contribution in [0, 0.1) is 0 Å². The zero-order valence-corrected chi connectivity index (χ0v) is 36.4. The molecule has 0 radical (unpaired) electrons. The van der Waals surface area contributed by atoms with Crippen molar-refractivity contribution in [2.75, 3.05) is 13.2 Å². The van der Waals surface area contributed by atoms with Crippen molar-refractivity contribution in [1.82, 2.24) is 5.32 Å². The molecule has 6 heteroatoms. The van der Waals surface area contributed by atoms with Crippen LogP contribution in [0.3, 0.4) is 0 Å². The fourth-order valence-electron chi connectivity index (χ4n) is 6.97. The van der Waals surface area contributed by atoms with Crippen molar-refractivity contribution in [2.24, 2.45) is 0 Å².